The van der Waals surface area contributed by atoms with Gasteiger partial charge in [-0.15, -0.1) is 0 Å². The highest BCUT2D eigenvalue weighted by Gasteiger charge is 2.22. The van der Waals surface area contributed by atoms with Crippen molar-refractivity contribution in [2.24, 2.45) is 0 Å². The van der Waals surface area contributed by atoms with Crippen molar-refractivity contribution in [1.29, 1.82) is 0 Å². The third kappa shape index (κ3) is 3.95. The van der Waals surface area contributed by atoms with Crippen LogP contribution in [0.25, 0.3) is 0 Å². The number of benzene rings is 1. The van der Waals surface area contributed by atoms with Gasteiger partial charge >= 0.3 is 0 Å². The Morgan fingerprint density at radius 2 is 2.29 bits per heavy atom. The van der Waals surface area contributed by atoms with Crippen molar-refractivity contribution in [2.45, 2.75) is 12.8 Å². The molecule has 1 N–H and O–H groups in total. The number of carbonyl (C=O) groups excluding carboxylic acids is 2. The molecule has 1 heterocycles. The zero-order valence-corrected chi connectivity index (χ0v) is 12.3. The molecule has 114 valence electrons. The van der Waals surface area contributed by atoms with Gasteiger partial charge < -0.3 is 19.7 Å². The first-order valence-electron chi connectivity index (χ1n) is 6.89. The zero-order chi connectivity index (χ0) is 15.2. The second-order valence-corrected chi connectivity index (χ2v) is 4.92. The number of nitrogens with one attached hydrogen (secondary N) is 1. The van der Waals surface area contributed by atoms with Gasteiger partial charge in [-0.05, 0) is 24.1 Å². The number of methoxy groups -OCH3 is 1. The number of nitrogens with zero attached hydrogens (tertiary/aromatic N) is 1. The van der Waals surface area contributed by atoms with E-state index in [-0.39, 0.29) is 24.8 Å². The van der Waals surface area contributed by atoms with Gasteiger partial charge in [0.2, 0.25) is 5.91 Å². The quantitative estimate of drug-likeness (QED) is 0.785. The monoisotopic (exact) mass is 292 g/mol. The summed E-state index contributed by atoms with van der Waals surface area (Å²) in [4.78, 5) is 25.0. The minimum atomic E-state index is -0.0938. The number of fused-ring (bicyclic) bond motifs is 1. The molecule has 0 radical (unpaired) electrons. The van der Waals surface area contributed by atoms with Crippen LogP contribution >= 0.6 is 0 Å². The highest BCUT2D eigenvalue weighted by molar-refractivity contribution is 5.97. The normalized spacial score (nSPS) is 13.6. The summed E-state index contributed by atoms with van der Waals surface area (Å²) >= 11 is 0. The summed E-state index contributed by atoms with van der Waals surface area (Å²) in [5, 5.41) is 2.84. The summed E-state index contributed by atoms with van der Waals surface area (Å²) < 4.78 is 10.3. The van der Waals surface area contributed by atoms with E-state index in [1.807, 2.05) is 12.1 Å². The predicted octanol–water partition coefficient (Wildman–Crippen LogP) is 0.737. The van der Waals surface area contributed by atoms with Gasteiger partial charge in [0.05, 0.1) is 12.1 Å². The minimum Gasteiger partial charge on any atom is -0.482 e. The summed E-state index contributed by atoms with van der Waals surface area (Å²) in [6, 6.07) is 5.46. The first-order chi connectivity index (χ1) is 10.1. The molecule has 0 saturated carbocycles. The van der Waals surface area contributed by atoms with Crippen molar-refractivity contribution in [1.82, 2.24) is 5.32 Å². The van der Waals surface area contributed by atoms with E-state index in [0.717, 1.165) is 12.0 Å². The summed E-state index contributed by atoms with van der Waals surface area (Å²) in [6.07, 6.45) is 1.07. The summed E-state index contributed by atoms with van der Waals surface area (Å²) in [5.74, 6) is 0.529. The molecule has 2 rings (SSSR count). The zero-order valence-electron chi connectivity index (χ0n) is 12.3. The third-order valence-electron chi connectivity index (χ3n) is 3.32. The first kappa shape index (κ1) is 15.3. The second-order valence-electron chi connectivity index (χ2n) is 4.92. The molecule has 21 heavy (non-hydrogen) atoms. The lowest BCUT2D eigenvalue weighted by atomic mass is 10.1. The van der Waals surface area contributed by atoms with Crippen LogP contribution in [0.4, 0.5) is 5.69 Å². The van der Waals surface area contributed by atoms with Crippen molar-refractivity contribution < 1.29 is 19.1 Å². The third-order valence-corrected chi connectivity index (χ3v) is 3.32. The van der Waals surface area contributed by atoms with Crippen LogP contribution in [-0.4, -0.2) is 45.7 Å². The lowest BCUT2D eigenvalue weighted by Gasteiger charge is -2.26. The van der Waals surface area contributed by atoms with Crippen LogP contribution in [0.3, 0.4) is 0 Å². The molecular formula is C15H20N2O4. The summed E-state index contributed by atoms with van der Waals surface area (Å²) in [7, 11) is 3.34. The SMILES string of the molecule is COCCCNC(=O)Cc1ccc2c(c1)N(C)C(=O)CO2. The lowest BCUT2D eigenvalue weighted by Crippen LogP contribution is -2.35. The average molecular weight is 292 g/mol. The fourth-order valence-electron chi connectivity index (χ4n) is 2.12. The van der Waals surface area contributed by atoms with Crippen LogP contribution in [0.15, 0.2) is 18.2 Å². The smallest absolute Gasteiger partial charge is 0.264 e. The number of carbonyl (C=O) groups is 2. The molecule has 0 fully saturated rings. The number of amides is 2. The van der Waals surface area contributed by atoms with Gasteiger partial charge in [-0.1, -0.05) is 6.07 Å². The van der Waals surface area contributed by atoms with Crippen LogP contribution in [0, 0.1) is 0 Å². The molecule has 0 saturated heterocycles. The molecule has 1 aliphatic rings. The number of rotatable bonds is 6. The van der Waals surface area contributed by atoms with E-state index < -0.39 is 0 Å². The largest absolute Gasteiger partial charge is 0.482 e. The van der Waals surface area contributed by atoms with Gasteiger partial charge in [0.1, 0.15) is 5.75 Å². The Bertz CT molecular complexity index is 530. The van der Waals surface area contributed by atoms with Crippen molar-refractivity contribution in [2.75, 3.05) is 38.8 Å². The molecule has 6 nitrogen and oxygen atoms in total. The van der Waals surface area contributed by atoms with Crippen LogP contribution < -0.4 is 15.0 Å². The van der Waals surface area contributed by atoms with Crippen LogP contribution in [0.1, 0.15) is 12.0 Å². The van der Waals surface area contributed by atoms with Crippen LogP contribution in [0.5, 0.6) is 5.75 Å². The van der Waals surface area contributed by atoms with Crippen molar-refractivity contribution in [3.8, 4) is 5.75 Å². The molecule has 0 spiro atoms. The number of hydrogen-bond donors (Lipinski definition) is 1. The van der Waals surface area contributed by atoms with Crippen molar-refractivity contribution in [3.63, 3.8) is 0 Å². The molecular weight excluding hydrogens is 272 g/mol. The Hall–Kier alpha value is -2.08. The van der Waals surface area contributed by atoms with Crippen molar-refractivity contribution in [3.05, 3.63) is 23.8 Å². The van der Waals surface area contributed by atoms with E-state index in [9.17, 15) is 9.59 Å². The number of hydrogen-bond acceptors (Lipinski definition) is 4. The van der Waals surface area contributed by atoms with E-state index in [4.69, 9.17) is 9.47 Å². The Morgan fingerprint density at radius 1 is 1.48 bits per heavy atom. The Morgan fingerprint density at radius 3 is 3.05 bits per heavy atom. The maximum absolute atomic E-state index is 11.8. The van der Waals surface area contributed by atoms with Gasteiger partial charge in [0.25, 0.3) is 5.91 Å². The molecule has 1 aromatic carbocycles. The van der Waals surface area contributed by atoms with Gasteiger partial charge in [-0.3, -0.25) is 9.59 Å². The van der Waals surface area contributed by atoms with Gasteiger partial charge in [-0.25, -0.2) is 0 Å². The first-order valence-corrected chi connectivity index (χ1v) is 6.89. The molecule has 0 atom stereocenters. The average Bonchev–Trinajstić information content (AvgIpc) is 2.48. The number of ether oxygens (including phenoxy) is 2. The molecule has 0 aromatic heterocycles. The number of likely N-dealkylation sites (N-methyl/N-ethyl adjacent to an activating group) is 1. The highest BCUT2D eigenvalue weighted by Crippen LogP contribution is 2.31. The Labute approximate surface area is 124 Å². The van der Waals surface area contributed by atoms with E-state index in [1.54, 1.807) is 25.1 Å². The fourth-order valence-corrected chi connectivity index (χ4v) is 2.12. The van der Waals surface area contributed by atoms with E-state index in [1.165, 1.54) is 0 Å². The molecule has 2 amide bonds. The molecule has 0 unspecified atom stereocenters. The molecule has 6 heteroatoms. The second kappa shape index (κ2) is 7.08. The maximum Gasteiger partial charge on any atom is 0.264 e. The van der Waals surface area contributed by atoms with E-state index in [0.29, 0.717) is 24.6 Å². The summed E-state index contributed by atoms with van der Waals surface area (Å²) in [5.41, 5.74) is 1.55. The molecule has 0 aliphatic carbocycles. The molecule has 0 bridgehead atoms. The lowest BCUT2D eigenvalue weighted by molar-refractivity contribution is -0.121. The van der Waals surface area contributed by atoms with Gasteiger partial charge in [-0.2, -0.15) is 0 Å². The highest BCUT2D eigenvalue weighted by atomic mass is 16.5. The number of anilines is 1. The van der Waals surface area contributed by atoms with Crippen molar-refractivity contribution >= 4 is 17.5 Å². The predicted molar refractivity (Wildman–Crippen MR) is 78.6 cm³/mol. The fraction of sp³-hybridized carbons (Fsp3) is 0.467. The summed E-state index contributed by atoms with van der Waals surface area (Å²) in [6.45, 7) is 1.28. The molecule has 1 aromatic rings. The van der Waals surface area contributed by atoms with E-state index in [2.05, 4.69) is 5.32 Å². The minimum absolute atomic E-state index is 0.0447. The Balaban J connectivity index is 1.95. The molecule has 1 aliphatic heterocycles. The topological polar surface area (TPSA) is 67.9 Å². The van der Waals surface area contributed by atoms with Crippen LogP contribution in [0.2, 0.25) is 0 Å². The van der Waals surface area contributed by atoms with Crippen LogP contribution in [-0.2, 0) is 20.7 Å². The Kier molecular flexibility index (Phi) is 5.16. The standard InChI is InChI=1S/C15H20N2O4/c1-17-12-8-11(4-5-13(12)21-10-15(17)19)9-14(18)16-6-3-7-20-2/h4-5,8H,3,6-7,9-10H2,1-2H3,(H,16,18). The van der Waals surface area contributed by atoms with Gasteiger partial charge in [0, 0.05) is 27.3 Å². The van der Waals surface area contributed by atoms with E-state index >= 15 is 0 Å². The maximum atomic E-state index is 11.8. The van der Waals surface area contributed by atoms with Gasteiger partial charge in [0.15, 0.2) is 6.61 Å².